The van der Waals surface area contributed by atoms with Crippen LogP contribution in [0.5, 0.6) is 11.5 Å². The van der Waals surface area contributed by atoms with Gasteiger partial charge in [-0.2, -0.15) is 5.10 Å². The van der Waals surface area contributed by atoms with Crippen LogP contribution in [0.4, 0.5) is 0 Å². The fourth-order valence-corrected chi connectivity index (χ4v) is 3.12. The van der Waals surface area contributed by atoms with Gasteiger partial charge >= 0.3 is 11.9 Å². The number of ether oxygens (including phenoxy) is 2. The van der Waals surface area contributed by atoms with Crippen molar-refractivity contribution in [3.8, 4) is 11.5 Å². The van der Waals surface area contributed by atoms with Gasteiger partial charge in [-0.15, -0.1) is 0 Å². The average molecular weight is 456 g/mol. The minimum Gasteiger partial charge on any atom is -0.494 e. The van der Waals surface area contributed by atoms with Crippen molar-refractivity contribution in [1.29, 1.82) is 0 Å². The molecular weight excluding hydrogens is 432 g/mol. The van der Waals surface area contributed by atoms with E-state index >= 15 is 0 Å². The molecule has 0 aliphatic heterocycles. The van der Waals surface area contributed by atoms with E-state index in [0.29, 0.717) is 23.5 Å². The van der Waals surface area contributed by atoms with Crippen molar-refractivity contribution in [3.63, 3.8) is 0 Å². The van der Waals surface area contributed by atoms with Crippen molar-refractivity contribution in [3.05, 3.63) is 95.7 Å². The van der Waals surface area contributed by atoms with Gasteiger partial charge in [0.2, 0.25) is 0 Å². The number of unbranched alkanes of at least 4 members (excludes halogenated alkanes) is 1. The van der Waals surface area contributed by atoms with E-state index in [9.17, 15) is 9.59 Å². The Morgan fingerprint density at radius 1 is 0.971 bits per heavy atom. The quantitative estimate of drug-likeness (QED) is 0.116. The summed E-state index contributed by atoms with van der Waals surface area (Å²) in [6, 6.07) is 22.7. The third-order valence-electron chi connectivity index (χ3n) is 4.98. The Bertz CT molecular complexity index is 1260. The molecule has 1 N–H and O–H groups in total. The van der Waals surface area contributed by atoms with Crippen molar-refractivity contribution >= 4 is 29.1 Å². The molecule has 172 valence electrons. The Morgan fingerprint density at radius 3 is 2.44 bits per heavy atom. The van der Waals surface area contributed by atoms with Gasteiger partial charge in [-0.25, -0.2) is 10.2 Å². The van der Waals surface area contributed by atoms with E-state index in [4.69, 9.17) is 13.9 Å². The van der Waals surface area contributed by atoms with Crippen LogP contribution in [-0.2, 0) is 0 Å². The number of furan rings is 1. The van der Waals surface area contributed by atoms with Gasteiger partial charge in [0.05, 0.1) is 18.4 Å². The summed E-state index contributed by atoms with van der Waals surface area (Å²) in [7, 11) is 0. The van der Waals surface area contributed by atoms with E-state index in [0.717, 1.165) is 29.5 Å². The largest absolute Gasteiger partial charge is 0.494 e. The van der Waals surface area contributed by atoms with Crippen molar-refractivity contribution < 1.29 is 23.5 Å². The molecule has 0 fully saturated rings. The van der Waals surface area contributed by atoms with Gasteiger partial charge in [-0.1, -0.05) is 31.5 Å². The first-order chi connectivity index (χ1) is 16.6. The number of carbonyl (C=O) groups is 2. The number of fused-ring (bicyclic) bond motifs is 1. The molecule has 4 rings (SSSR count). The van der Waals surface area contributed by atoms with Crippen molar-refractivity contribution in [2.24, 2.45) is 5.10 Å². The van der Waals surface area contributed by atoms with Gasteiger partial charge in [0.15, 0.2) is 5.76 Å². The Morgan fingerprint density at radius 2 is 1.71 bits per heavy atom. The number of nitrogens with zero attached hydrogens (tertiary/aromatic N) is 1. The van der Waals surface area contributed by atoms with Crippen LogP contribution in [0.1, 0.15) is 46.2 Å². The smallest absolute Gasteiger partial charge is 0.343 e. The topological polar surface area (TPSA) is 90.1 Å². The average Bonchev–Trinajstić information content (AvgIpc) is 3.30. The lowest BCUT2D eigenvalue weighted by molar-refractivity contribution is 0.0734. The third kappa shape index (κ3) is 5.89. The number of hydrogen-bond donors (Lipinski definition) is 1. The molecule has 3 aromatic carbocycles. The number of hydrogen-bond acceptors (Lipinski definition) is 6. The molecule has 0 saturated carbocycles. The lowest BCUT2D eigenvalue weighted by atomic mass is 10.2. The molecule has 4 aromatic rings. The number of esters is 1. The lowest BCUT2D eigenvalue weighted by Crippen LogP contribution is -2.16. The number of rotatable bonds is 9. The summed E-state index contributed by atoms with van der Waals surface area (Å²) in [6.45, 7) is 2.75. The third-order valence-corrected chi connectivity index (χ3v) is 4.98. The highest BCUT2D eigenvalue weighted by Gasteiger charge is 2.11. The molecule has 0 atom stereocenters. The summed E-state index contributed by atoms with van der Waals surface area (Å²) in [4.78, 5) is 24.6. The predicted octanol–water partition coefficient (Wildman–Crippen LogP) is 5.59. The minimum absolute atomic E-state index is 0.182. The van der Waals surface area contributed by atoms with Crippen molar-refractivity contribution in [2.45, 2.75) is 19.8 Å². The molecule has 1 heterocycles. The summed E-state index contributed by atoms with van der Waals surface area (Å²) in [5.41, 5.74) is 4.23. The summed E-state index contributed by atoms with van der Waals surface area (Å²) in [6.07, 6.45) is 3.54. The monoisotopic (exact) mass is 456 g/mol. The highest BCUT2D eigenvalue weighted by molar-refractivity contribution is 5.96. The van der Waals surface area contributed by atoms with Crippen LogP contribution in [0.2, 0.25) is 0 Å². The number of hydrazone groups is 1. The molecule has 0 aliphatic rings. The first-order valence-electron chi connectivity index (χ1n) is 11.0. The summed E-state index contributed by atoms with van der Waals surface area (Å²) in [5, 5.41) is 4.80. The zero-order valence-electron chi connectivity index (χ0n) is 18.7. The van der Waals surface area contributed by atoms with Crippen LogP contribution in [-0.4, -0.2) is 24.7 Å². The molecule has 1 amide bonds. The Labute approximate surface area is 197 Å². The normalized spacial score (nSPS) is 11.0. The van der Waals surface area contributed by atoms with E-state index in [1.807, 2.05) is 18.2 Å². The van der Waals surface area contributed by atoms with E-state index in [1.54, 1.807) is 60.7 Å². The second-order valence-corrected chi connectivity index (χ2v) is 7.53. The highest BCUT2D eigenvalue weighted by atomic mass is 16.5. The molecule has 0 bridgehead atoms. The van der Waals surface area contributed by atoms with E-state index in [1.165, 1.54) is 6.21 Å². The van der Waals surface area contributed by atoms with Crippen LogP contribution >= 0.6 is 0 Å². The second kappa shape index (κ2) is 11.0. The molecule has 7 heteroatoms. The SMILES string of the molecule is CCCCOc1ccc(C(=O)Oc2ccc(/C=N\NC(=O)c3cc4ccccc4o3)cc2)cc1. The molecule has 0 aliphatic carbocycles. The molecular formula is C27H24N2O5. The molecule has 34 heavy (non-hydrogen) atoms. The van der Waals surface area contributed by atoms with Crippen LogP contribution < -0.4 is 14.9 Å². The summed E-state index contributed by atoms with van der Waals surface area (Å²) >= 11 is 0. The fraction of sp³-hybridized carbons (Fsp3) is 0.148. The highest BCUT2D eigenvalue weighted by Crippen LogP contribution is 2.19. The van der Waals surface area contributed by atoms with Gasteiger partial charge in [-0.05, 0) is 72.6 Å². The van der Waals surface area contributed by atoms with E-state index < -0.39 is 11.9 Å². The van der Waals surface area contributed by atoms with Crippen LogP contribution in [0, 0.1) is 0 Å². The Balaban J connectivity index is 1.29. The molecule has 0 spiro atoms. The lowest BCUT2D eigenvalue weighted by Gasteiger charge is -2.07. The van der Waals surface area contributed by atoms with E-state index in [2.05, 4.69) is 17.5 Å². The van der Waals surface area contributed by atoms with E-state index in [-0.39, 0.29) is 5.76 Å². The molecule has 0 saturated heterocycles. The number of amides is 1. The van der Waals surface area contributed by atoms with Gasteiger partial charge in [0.25, 0.3) is 0 Å². The number of carbonyl (C=O) groups excluding carboxylic acids is 2. The standard InChI is InChI=1S/C27H24N2O5/c1-2-3-16-32-22-14-10-20(11-15-22)27(31)33-23-12-8-19(9-13-23)18-28-29-26(30)25-17-21-6-4-5-7-24(21)34-25/h4-15,17-18H,2-3,16H2,1H3,(H,29,30)/b28-18-. The fourth-order valence-electron chi connectivity index (χ4n) is 3.12. The maximum absolute atomic E-state index is 12.4. The maximum atomic E-state index is 12.4. The zero-order valence-corrected chi connectivity index (χ0v) is 18.7. The van der Waals surface area contributed by atoms with Gasteiger partial charge < -0.3 is 13.9 Å². The van der Waals surface area contributed by atoms with Gasteiger partial charge in [0.1, 0.15) is 17.1 Å². The number of para-hydroxylation sites is 1. The van der Waals surface area contributed by atoms with Crippen LogP contribution in [0.15, 0.2) is 88.4 Å². The number of nitrogens with one attached hydrogen (secondary N) is 1. The van der Waals surface area contributed by atoms with Crippen molar-refractivity contribution in [2.75, 3.05) is 6.61 Å². The Kier molecular flexibility index (Phi) is 7.35. The maximum Gasteiger partial charge on any atom is 0.343 e. The molecule has 1 aromatic heterocycles. The molecule has 0 unspecified atom stereocenters. The second-order valence-electron chi connectivity index (χ2n) is 7.53. The van der Waals surface area contributed by atoms with Crippen LogP contribution in [0.3, 0.4) is 0 Å². The predicted molar refractivity (Wildman–Crippen MR) is 130 cm³/mol. The van der Waals surface area contributed by atoms with Crippen LogP contribution in [0.25, 0.3) is 11.0 Å². The van der Waals surface area contributed by atoms with Gasteiger partial charge in [-0.3, -0.25) is 4.79 Å². The van der Waals surface area contributed by atoms with Crippen molar-refractivity contribution in [1.82, 2.24) is 5.43 Å². The number of benzene rings is 3. The first-order valence-corrected chi connectivity index (χ1v) is 11.0. The Hall–Kier alpha value is -4.39. The minimum atomic E-state index is -0.459. The van der Waals surface area contributed by atoms with Gasteiger partial charge in [0, 0.05) is 5.39 Å². The summed E-state index contributed by atoms with van der Waals surface area (Å²) in [5.74, 6) is 0.401. The summed E-state index contributed by atoms with van der Waals surface area (Å²) < 4.78 is 16.5. The molecule has 7 nitrogen and oxygen atoms in total. The molecule has 0 radical (unpaired) electrons. The first kappa shape index (κ1) is 22.8. The zero-order chi connectivity index (χ0) is 23.8.